The average molecular weight is 507 g/mol. The molecular weight excluding hydrogens is 487 g/mol. The van der Waals surface area contributed by atoms with E-state index in [1.807, 2.05) is 0 Å². The molecule has 3 aromatic carbocycles. The summed E-state index contributed by atoms with van der Waals surface area (Å²) in [5.41, 5.74) is 7.25. The normalized spacial score (nSPS) is 14.9. The lowest BCUT2D eigenvalue weighted by Gasteiger charge is -2.26. The van der Waals surface area contributed by atoms with Crippen molar-refractivity contribution in [2.45, 2.75) is 18.8 Å². The van der Waals surface area contributed by atoms with Gasteiger partial charge in [0.25, 0.3) is 5.91 Å². The summed E-state index contributed by atoms with van der Waals surface area (Å²) >= 11 is 0. The predicted octanol–water partition coefficient (Wildman–Crippen LogP) is 5.25. The zero-order chi connectivity index (χ0) is 26.2. The second-order valence-electron chi connectivity index (χ2n) is 8.28. The van der Waals surface area contributed by atoms with E-state index in [-0.39, 0.29) is 17.9 Å². The topological polar surface area (TPSA) is 111 Å². The van der Waals surface area contributed by atoms with Crippen molar-refractivity contribution in [1.29, 1.82) is 0 Å². The third kappa shape index (κ3) is 4.89. The van der Waals surface area contributed by atoms with Crippen molar-refractivity contribution < 1.29 is 27.5 Å². The molecular formula is C26H20F3N5O3. The quantitative estimate of drug-likeness (QED) is 0.342. The Balaban J connectivity index is 1.48. The van der Waals surface area contributed by atoms with Crippen LogP contribution >= 0.6 is 0 Å². The van der Waals surface area contributed by atoms with Crippen LogP contribution in [0, 0.1) is 0 Å². The van der Waals surface area contributed by atoms with Gasteiger partial charge >= 0.3 is 12.3 Å². The molecule has 0 aliphatic carbocycles. The molecule has 2 heterocycles. The smallest absolute Gasteiger partial charge is 0.435 e. The number of rotatable bonds is 5. The molecule has 1 atom stereocenters. The third-order valence-electron chi connectivity index (χ3n) is 5.78. The van der Waals surface area contributed by atoms with Crippen molar-refractivity contribution in [2.24, 2.45) is 5.73 Å². The molecule has 0 saturated carbocycles. The van der Waals surface area contributed by atoms with E-state index in [0.29, 0.717) is 28.6 Å². The van der Waals surface area contributed by atoms with Crippen molar-refractivity contribution in [3.05, 3.63) is 107 Å². The number of hydrogen-bond acceptors (Lipinski definition) is 5. The molecule has 0 spiro atoms. The molecule has 4 aromatic rings. The molecule has 1 aliphatic heterocycles. The van der Waals surface area contributed by atoms with Crippen LogP contribution in [0.4, 0.5) is 29.3 Å². The van der Waals surface area contributed by atoms with Gasteiger partial charge in [0.15, 0.2) is 11.8 Å². The third-order valence-corrected chi connectivity index (χ3v) is 5.78. The summed E-state index contributed by atoms with van der Waals surface area (Å²) in [5.74, 6) is -0.805. The maximum absolute atomic E-state index is 13.5. The molecule has 37 heavy (non-hydrogen) atoms. The summed E-state index contributed by atoms with van der Waals surface area (Å²) in [6.07, 6.45) is -6.11. The van der Waals surface area contributed by atoms with Gasteiger partial charge in [-0.3, -0.25) is 10.1 Å². The number of halogens is 3. The number of nitrogens with two attached hydrogens (primary N) is 1. The Morgan fingerprint density at radius 3 is 2.62 bits per heavy atom. The van der Waals surface area contributed by atoms with Crippen LogP contribution in [0.2, 0.25) is 0 Å². The highest BCUT2D eigenvalue weighted by atomic mass is 19.4. The van der Waals surface area contributed by atoms with Crippen molar-refractivity contribution >= 4 is 23.4 Å². The first kappa shape index (κ1) is 24.1. The van der Waals surface area contributed by atoms with Crippen molar-refractivity contribution in [3.63, 3.8) is 0 Å². The maximum Gasteiger partial charge on any atom is 0.435 e. The highest BCUT2D eigenvalue weighted by Gasteiger charge is 2.36. The number of benzene rings is 3. The molecule has 1 unspecified atom stereocenters. The molecule has 0 fully saturated rings. The lowest BCUT2D eigenvalue weighted by atomic mass is 9.98. The van der Waals surface area contributed by atoms with Crippen LogP contribution in [0.25, 0.3) is 5.69 Å². The van der Waals surface area contributed by atoms with Gasteiger partial charge in [-0.1, -0.05) is 42.5 Å². The standard InChI is InChI=1S/C26H20F3N5O3/c27-26(28,29)22-13-21(34(33-22)18-8-3-5-15(11-18)14-30)24(35)31-17-7-4-6-16(12-17)23-19-9-1-2-10-20(19)32-25(36)37-23/h1-13,23H,14,30H2,(H,31,35)(H,32,36). The molecule has 8 nitrogen and oxygen atoms in total. The zero-order valence-corrected chi connectivity index (χ0v) is 19.1. The van der Waals surface area contributed by atoms with Gasteiger partial charge in [0.1, 0.15) is 5.69 Å². The Hall–Kier alpha value is -4.64. The number of fused-ring (bicyclic) bond motifs is 1. The van der Waals surface area contributed by atoms with Crippen LogP contribution in [0.5, 0.6) is 0 Å². The lowest BCUT2D eigenvalue weighted by Crippen LogP contribution is -2.25. The molecule has 0 saturated heterocycles. The first-order valence-corrected chi connectivity index (χ1v) is 11.2. The number of para-hydroxylation sites is 1. The number of hydrogen-bond donors (Lipinski definition) is 3. The fraction of sp³-hybridized carbons (Fsp3) is 0.115. The van der Waals surface area contributed by atoms with E-state index in [2.05, 4.69) is 15.7 Å². The molecule has 2 amide bonds. The van der Waals surface area contributed by atoms with Crippen molar-refractivity contribution in [1.82, 2.24) is 9.78 Å². The number of amides is 2. The van der Waals surface area contributed by atoms with E-state index in [1.54, 1.807) is 66.7 Å². The fourth-order valence-corrected chi connectivity index (χ4v) is 4.07. The van der Waals surface area contributed by atoms with Crippen LogP contribution < -0.4 is 16.4 Å². The van der Waals surface area contributed by atoms with E-state index in [1.165, 1.54) is 6.07 Å². The summed E-state index contributed by atoms with van der Waals surface area (Å²) in [5, 5.41) is 8.90. The minimum absolute atomic E-state index is 0.167. The Labute approximate surface area is 208 Å². The highest BCUT2D eigenvalue weighted by molar-refractivity contribution is 6.03. The molecule has 1 aliphatic rings. The summed E-state index contributed by atoms with van der Waals surface area (Å²) in [4.78, 5) is 25.2. The Morgan fingerprint density at radius 2 is 1.84 bits per heavy atom. The van der Waals surface area contributed by atoms with E-state index >= 15 is 0 Å². The fourth-order valence-electron chi connectivity index (χ4n) is 4.07. The number of cyclic esters (lactones) is 1. The monoisotopic (exact) mass is 507 g/mol. The lowest BCUT2D eigenvalue weighted by molar-refractivity contribution is -0.141. The van der Waals surface area contributed by atoms with Gasteiger partial charge in [-0.2, -0.15) is 18.3 Å². The second kappa shape index (κ2) is 9.43. The van der Waals surface area contributed by atoms with Gasteiger partial charge in [0, 0.05) is 23.9 Å². The summed E-state index contributed by atoms with van der Waals surface area (Å²) in [6, 6.07) is 20.8. The zero-order valence-electron chi connectivity index (χ0n) is 19.1. The average Bonchev–Trinajstić information content (AvgIpc) is 3.35. The van der Waals surface area contributed by atoms with Gasteiger partial charge in [-0.05, 0) is 41.5 Å². The maximum atomic E-state index is 13.5. The van der Waals surface area contributed by atoms with Crippen LogP contribution in [0.1, 0.15) is 39.0 Å². The number of ether oxygens (including phenoxy) is 1. The summed E-state index contributed by atoms with van der Waals surface area (Å²) in [6.45, 7) is 0.167. The Morgan fingerprint density at radius 1 is 1.05 bits per heavy atom. The molecule has 4 N–H and O–H groups in total. The predicted molar refractivity (Wildman–Crippen MR) is 129 cm³/mol. The number of aromatic nitrogens is 2. The minimum atomic E-state index is -4.75. The van der Waals surface area contributed by atoms with Crippen LogP contribution in [-0.2, 0) is 17.5 Å². The number of carbonyl (C=O) groups is 2. The number of carbonyl (C=O) groups excluding carboxylic acids is 2. The van der Waals surface area contributed by atoms with E-state index in [0.717, 1.165) is 10.2 Å². The molecule has 188 valence electrons. The highest BCUT2D eigenvalue weighted by Crippen LogP contribution is 2.36. The van der Waals surface area contributed by atoms with Gasteiger partial charge in [-0.25, -0.2) is 9.48 Å². The Kier molecular flexibility index (Phi) is 6.14. The molecule has 11 heteroatoms. The first-order chi connectivity index (χ1) is 17.7. The minimum Gasteiger partial charge on any atom is -0.436 e. The first-order valence-electron chi connectivity index (χ1n) is 11.2. The van der Waals surface area contributed by atoms with Crippen LogP contribution in [-0.4, -0.2) is 21.8 Å². The van der Waals surface area contributed by atoms with Crippen LogP contribution in [0.3, 0.4) is 0 Å². The van der Waals surface area contributed by atoms with Gasteiger partial charge in [0.2, 0.25) is 0 Å². The van der Waals surface area contributed by atoms with E-state index < -0.39 is 30.0 Å². The Bertz CT molecular complexity index is 1500. The van der Waals surface area contributed by atoms with Crippen molar-refractivity contribution in [2.75, 3.05) is 10.6 Å². The van der Waals surface area contributed by atoms with Crippen molar-refractivity contribution in [3.8, 4) is 5.69 Å². The number of anilines is 2. The molecule has 1 aromatic heterocycles. The second-order valence-corrected chi connectivity index (χ2v) is 8.28. The van der Waals surface area contributed by atoms with E-state index in [9.17, 15) is 22.8 Å². The SMILES string of the molecule is NCc1cccc(-n2nc(C(F)(F)F)cc2C(=O)Nc2cccc(C3OC(=O)Nc4ccccc43)c2)c1. The number of nitrogens with one attached hydrogen (secondary N) is 2. The molecule has 0 radical (unpaired) electrons. The summed E-state index contributed by atoms with van der Waals surface area (Å²) in [7, 11) is 0. The largest absolute Gasteiger partial charge is 0.436 e. The van der Waals surface area contributed by atoms with E-state index in [4.69, 9.17) is 10.5 Å². The number of alkyl halides is 3. The van der Waals surface area contributed by atoms with Gasteiger partial charge in [0.05, 0.1) is 11.4 Å². The summed E-state index contributed by atoms with van der Waals surface area (Å²) < 4.78 is 46.8. The molecule has 5 rings (SSSR count). The van der Waals surface area contributed by atoms with Crippen LogP contribution in [0.15, 0.2) is 78.9 Å². The number of nitrogens with zero attached hydrogens (tertiary/aromatic N) is 2. The molecule has 0 bridgehead atoms. The van der Waals surface area contributed by atoms with Gasteiger partial charge in [-0.15, -0.1) is 0 Å². The van der Waals surface area contributed by atoms with Gasteiger partial charge < -0.3 is 15.8 Å².